The van der Waals surface area contributed by atoms with E-state index in [0.29, 0.717) is 5.75 Å². The molecule has 0 N–H and O–H groups in total. The Balaban J connectivity index is 2.19. The molecule has 2 aromatic rings. The Morgan fingerprint density at radius 3 is 2.75 bits per heavy atom. The van der Waals surface area contributed by atoms with Gasteiger partial charge < -0.3 is 4.74 Å². The number of hydrogen-bond donors (Lipinski definition) is 0. The number of halogens is 2. The third kappa shape index (κ3) is 3.14. The number of nitrogens with zero attached hydrogens (tertiary/aromatic N) is 1. The lowest BCUT2D eigenvalue weighted by molar-refractivity contribution is -0.387. The lowest BCUT2D eigenvalue weighted by Crippen LogP contribution is -2.02. The molecule has 2 rings (SSSR count). The topological polar surface area (TPSA) is 52.4 Å². The molecule has 0 aromatic heterocycles. The van der Waals surface area contributed by atoms with E-state index in [0.717, 1.165) is 16.1 Å². The number of nitro benzene ring substituents is 1. The molecular formula is C14H11BrFNO3. The van der Waals surface area contributed by atoms with Gasteiger partial charge in [-0.3, -0.25) is 10.1 Å². The lowest BCUT2D eigenvalue weighted by atomic mass is 10.2. The predicted octanol–water partition coefficient (Wildman–Crippen LogP) is 4.38. The van der Waals surface area contributed by atoms with Crippen molar-refractivity contribution in [3.8, 4) is 5.75 Å². The molecule has 0 saturated heterocycles. The zero-order valence-corrected chi connectivity index (χ0v) is 12.2. The second kappa shape index (κ2) is 6.00. The molecule has 0 aliphatic heterocycles. The summed E-state index contributed by atoms with van der Waals surface area (Å²) in [6, 6.07) is 9.52. The summed E-state index contributed by atoms with van der Waals surface area (Å²) in [5.74, 6) is -0.303. The van der Waals surface area contributed by atoms with Crippen LogP contribution >= 0.6 is 15.9 Å². The molecule has 4 nitrogen and oxygen atoms in total. The van der Waals surface area contributed by atoms with Crippen LogP contribution in [0.15, 0.2) is 40.9 Å². The van der Waals surface area contributed by atoms with E-state index in [9.17, 15) is 14.5 Å². The summed E-state index contributed by atoms with van der Waals surface area (Å²) in [5, 5.41) is 10.7. The maximum absolute atomic E-state index is 13.9. The third-order valence-electron chi connectivity index (χ3n) is 2.73. The number of hydrogen-bond acceptors (Lipinski definition) is 3. The summed E-state index contributed by atoms with van der Waals surface area (Å²) in [6.07, 6.45) is 0. The third-order valence-corrected chi connectivity index (χ3v) is 3.35. The van der Waals surface area contributed by atoms with Crippen LogP contribution < -0.4 is 4.74 Å². The maximum atomic E-state index is 13.9. The van der Waals surface area contributed by atoms with Crippen molar-refractivity contribution >= 4 is 21.6 Å². The smallest absolute Gasteiger partial charge is 0.305 e. The highest BCUT2D eigenvalue weighted by Gasteiger charge is 2.17. The minimum atomic E-state index is -0.860. The van der Waals surface area contributed by atoms with E-state index >= 15 is 0 Å². The Morgan fingerprint density at radius 2 is 2.10 bits per heavy atom. The molecule has 0 spiro atoms. The van der Waals surface area contributed by atoms with Gasteiger partial charge in [-0.25, -0.2) is 0 Å². The Kier molecular flexibility index (Phi) is 4.34. The molecule has 0 fully saturated rings. The Morgan fingerprint density at radius 1 is 1.35 bits per heavy atom. The van der Waals surface area contributed by atoms with Crippen LogP contribution in [-0.4, -0.2) is 4.92 Å². The average molecular weight is 340 g/mol. The number of nitro groups is 1. The standard InChI is InChI=1S/C14H11BrFNO3/c1-9-5-6-13(11(15)7-9)20-8-10-3-2-4-12(14(10)16)17(18)19/h2-7H,8H2,1H3. The molecule has 2 aromatic carbocycles. The zero-order valence-electron chi connectivity index (χ0n) is 10.6. The van der Waals surface area contributed by atoms with Crippen molar-refractivity contribution in [2.75, 3.05) is 0 Å². The minimum Gasteiger partial charge on any atom is -0.488 e. The highest BCUT2D eigenvalue weighted by Crippen LogP contribution is 2.27. The molecule has 0 aliphatic carbocycles. The Hall–Kier alpha value is -1.95. The van der Waals surface area contributed by atoms with Gasteiger partial charge in [0.05, 0.1) is 9.40 Å². The van der Waals surface area contributed by atoms with Crippen LogP contribution in [0.5, 0.6) is 5.75 Å². The van der Waals surface area contributed by atoms with Crippen LogP contribution in [-0.2, 0) is 6.61 Å². The molecule has 0 atom stereocenters. The van der Waals surface area contributed by atoms with Gasteiger partial charge in [0.2, 0.25) is 5.82 Å². The van der Waals surface area contributed by atoms with Gasteiger partial charge in [0.1, 0.15) is 12.4 Å². The second-order valence-electron chi connectivity index (χ2n) is 4.23. The fraction of sp³-hybridized carbons (Fsp3) is 0.143. The molecule has 0 aliphatic rings. The van der Waals surface area contributed by atoms with E-state index in [1.54, 1.807) is 6.07 Å². The van der Waals surface area contributed by atoms with E-state index in [-0.39, 0.29) is 12.2 Å². The van der Waals surface area contributed by atoms with Crippen molar-refractivity contribution in [3.05, 3.63) is 67.9 Å². The first-order valence-electron chi connectivity index (χ1n) is 5.80. The van der Waals surface area contributed by atoms with E-state index < -0.39 is 16.4 Å². The molecule has 0 saturated carbocycles. The largest absolute Gasteiger partial charge is 0.488 e. The highest BCUT2D eigenvalue weighted by molar-refractivity contribution is 9.10. The van der Waals surface area contributed by atoms with Crippen LogP contribution in [0.3, 0.4) is 0 Å². The van der Waals surface area contributed by atoms with Crippen molar-refractivity contribution in [3.63, 3.8) is 0 Å². The highest BCUT2D eigenvalue weighted by atomic mass is 79.9. The first kappa shape index (κ1) is 14.5. The Bertz CT molecular complexity index is 661. The van der Waals surface area contributed by atoms with Gasteiger partial charge in [-0.05, 0) is 40.5 Å². The molecule has 0 amide bonds. The monoisotopic (exact) mass is 339 g/mol. The van der Waals surface area contributed by atoms with Crippen LogP contribution in [0.25, 0.3) is 0 Å². The van der Waals surface area contributed by atoms with E-state index in [1.165, 1.54) is 12.1 Å². The number of aryl methyl sites for hydroxylation is 1. The number of rotatable bonds is 4. The quantitative estimate of drug-likeness (QED) is 0.613. The zero-order chi connectivity index (χ0) is 14.7. The number of benzene rings is 2. The average Bonchev–Trinajstić information content (AvgIpc) is 2.39. The maximum Gasteiger partial charge on any atom is 0.305 e. The molecule has 0 bridgehead atoms. The molecule has 20 heavy (non-hydrogen) atoms. The number of ether oxygens (including phenoxy) is 1. The fourth-order valence-corrected chi connectivity index (χ4v) is 2.30. The summed E-state index contributed by atoms with van der Waals surface area (Å²) in [4.78, 5) is 9.91. The van der Waals surface area contributed by atoms with Gasteiger partial charge in [-0.1, -0.05) is 18.2 Å². The van der Waals surface area contributed by atoms with Crippen LogP contribution in [0, 0.1) is 22.9 Å². The van der Waals surface area contributed by atoms with Gasteiger partial charge in [0, 0.05) is 11.6 Å². The second-order valence-corrected chi connectivity index (χ2v) is 5.08. The van der Waals surface area contributed by atoms with E-state index in [4.69, 9.17) is 4.74 Å². The van der Waals surface area contributed by atoms with Crippen molar-refractivity contribution < 1.29 is 14.1 Å². The summed E-state index contributed by atoms with van der Waals surface area (Å²) in [5.41, 5.74) is 0.659. The molecule has 104 valence electrons. The van der Waals surface area contributed by atoms with Crippen molar-refractivity contribution in [2.24, 2.45) is 0 Å². The molecule has 0 radical (unpaired) electrons. The van der Waals surface area contributed by atoms with Crippen LogP contribution in [0.1, 0.15) is 11.1 Å². The Labute approximate surface area is 123 Å². The molecule has 0 unspecified atom stereocenters. The van der Waals surface area contributed by atoms with Crippen molar-refractivity contribution in [1.29, 1.82) is 0 Å². The van der Waals surface area contributed by atoms with Gasteiger partial charge in [-0.15, -0.1) is 0 Å². The first-order chi connectivity index (χ1) is 9.49. The minimum absolute atomic E-state index is 0.0742. The van der Waals surface area contributed by atoms with Gasteiger partial charge in [0.15, 0.2) is 0 Å². The van der Waals surface area contributed by atoms with Gasteiger partial charge >= 0.3 is 5.69 Å². The summed E-state index contributed by atoms with van der Waals surface area (Å²) in [7, 11) is 0. The van der Waals surface area contributed by atoms with Gasteiger partial charge in [-0.2, -0.15) is 4.39 Å². The van der Waals surface area contributed by atoms with Crippen LogP contribution in [0.2, 0.25) is 0 Å². The lowest BCUT2D eigenvalue weighted by Gasteiger charge is -2.09. The molecular weight excluding hydrogens is 329 g/mol. The predicted molar refractivity (Wildman–Crippen MR) is 76.3 cm³/mol. The molecule has 0 heterocycles. The first-order valence-corrected chi connectivity index (χ1v) is 6.59. The van der Waals surface area contributed by atoms with Crippen LogP contribution in [0.4, 0.5) is 10.1 Å². The summed E-state index contributed by atoms with van der Waals surface area (Å²) >= 11 is 3.35. The van der Waals surface area contributed by atoms with E-state index in [1.807, 2.05) is 19.1 Å². The van der Waals surface area contributed by atoms with E-state index in [2.05, 4.69) is 15.9 Å². The fourth-order valence-electron chi connectivity index (χ4n) is 1.70. The summed E-state index contributed by atoms with van der Waals surface area (Å²) in [6.45, 7) is 1.87. The van der Waals surface area contributed by atoms with Crippen molar-refractivity contribution in [1.82, 2.24) is 0 Å². The van der Waals surface area contributed by atoms with Crippen molar-refractivity contribution in [2.45, 2.75) is 13.5 Å². The summed E-state index contributed by atoms with van der Waals surface area (Å²) < 4.78 is 20.1. The SMILES string of the molecule is Cc1ccc(OCc2cccc([N+](=O)[O-])c2F)c(Br)c1. The molecule has 6 heteroatoms. The normalized spacial score (nSPS) is 10.3. The van der Waals surface area contributed by atoms with Gasteiger partial charge in [0.25, 0.3) is 0 Å².